The van der Waals surface area contributed by atoms with Gasteiger partial charge in [0.25, 0.3) is 5.91 Å². The van der Waals surface area contributed by atoms with Crippen LogP contribution in [0, 0.1) is 0 Å². The van der Waals surface area contributed by atoms with E-state index in [2.05, 4.69) is 0 Å². The molecule has 1 aliphatic heterocycles. The van der Waals surface area contributed by atoms with E-state index in [0.29, 0.717) is 35.2 Å². The molecule has 156 valence electrons. The van der Waals surface area contributed by atoms with Gasteiger partial charge in [0.05, 0.1) is 18.1 Å². The Labute approximate surface area is 184 Å². The van der Waals surface area contributed by atoms with Gasteiger partial charge in [-0.1, -0.05) is 60.4 Å². The third kappa shape index (κ3) is 4.66. The van der Waals surface area contributed by atoms with Crippen LogP contribution >= 0.6 is 24.0 Å². The summed E-state index contributed by atoms with van der Waals surface area (Å²) in [6.45, 7) is 4.75. The molecule has 3 rings (SSSR count). The average Bonchev–Trinajstić information content (AvgIpc) is 2.99. The van der Waals surface area contributed by atoms with Gasteiger partial charge in [-0.2, -0.15) is 0 Å². The van der Waals surface area contributed by atoms with Crippen LogP contribution in [0.3, 0.4) is 0 Å². The van der Waals surface area contributed by atoms with E-state index in [1.165, 1.54) is 0 Å². The topological polar surface area (TPSA) is 76.1 Å². The summed E-state index contributed by atoms with van der Waals surface area (Å²) in [4.78, 5) is 26.5. The van der Waals surface area contributed by atoms with Crippen LogP contribution in [-0.2, 0) is 9.59 Å². The Morgan fingerprint density at radius 3 is 2.43 bits per heavy atom. The summed E-state index contributed by atoms with van der Waals surface area (Å²) in [5, 5.41) is 9.76. The zero-order valence-electron chi connectivity index (χ0n) is 16.5. The van der Waals surface area contributed by atoms with Gasteiger partial charge in [-0.3, -0.25) is 9.69 Å². The molecular formula is C22H21NO5S2. The van der Waals surface area contributed by atoms with E-state index >= 15 is 0 Å². The second kappa shape index (κ2) is 9.77. The molecule has 1 heterocycles. The van der Waals surface area contributed by atoms with E-state index in [1.807, 2.05) is 19.9 Å². The maximum Gasteiger partial charge on any atom is 0.331 e. The zero-order chi connectivity index (χ0) is 21.7. The Bertz CT molecular complexity index is 990. The van der Waals surface area contributed by atoms with Crippen LogP contribution in [0.5, 0.6) is 11.5 Å². The Morgan fingerprint density at radius 1 is 1.13 bits per heavy atom. The molecule has 1 amide bonds. The maximum atomic E-state index is 13.0. The van der Waals surface area contributed by atoms with Crippen molar-refractivity contribution in [3.05, 3.63) is 64.6 Å². The van der Waals surface area contributed by atoms with E-state index in [0.717, 1.165) is 22.2 Å². The van der Waals surface area contributed by atoms with E-state index in [1.54, 1.807) is 48.5 Å². The van der Waals surface area contributed by atoms with E-state index < -0.39 is 17.9 Å². The van der Waals surface area contributed by atoms with Crippen molar-refractivity contribution in [1.29, 1.82) is 0 Å². The number of rotatable bonds is 8. The lowest BCUT2D eigenvalue weighted by Gasteiger charge is -2.23. The fourth-order valence-corrected chi connectivity index (χ4v) is 4.36. The molecule has 2 aromatic rings. The number of ether oxygens (including phenoxy) is 2. The fourth-order valence-electron chi connectivity index (χ4n) is 3.05. The minimum atomic E-state index is -1.18. The maximum absolute atomic E-state index is 13.0. The third-order valence-corrected chi connectivity index (χ3v) is 5.63. The van der Waals surface area contributed by atoms with Crippen molar-refractivity contribution in [3.8, 4) is 11.5 Å². The number of amides is 1. The Balaban J connectivity index is 1.93. The summed E-state index contributed by atoms with van der Waals surface area (Å²) < 4.78 is 11.4. The van der Waals surface area contributed by atoms with Crippen molar-refractivity contribution >= 4 is 46.3 Å². The molecule has 8 heteroatoms. The normalized spacial score (nSPS) is 16.1. The Kier molecular flexibility index (Phi) is 7.12. The largest absolute Gasteiger partial charge is 0.490 e. The van der Waals surface area contributed by atoms with Gasteiger partial charge in [0.1, 0.15) is 4.32 Å². The standard InChI is InChI=1S/C22H21NO5S2/c1-3-27-16-11-10-14(12-17(16)28-4-2)13-18-20(24)23(22(29)30-18)19(21(25)26)15-8-6-5-7-9-15/h5-13,19H,3-4H2,1-2H3,(H,25,26)/b18-13+/t19-/m1/s1. The number of carboxylic acid groups (broad SMARTS) is 1. The first kappa shape index (κ1) is 21.9. The lowest BCUT2D eigenvalue weighted by molar-refractivity contribution is -0.145. The van der Waals surface area contributed by atoms with Gasteiger partial charge in [-0.05, 0) is 43.2 Å². The van der Waals surface area contributed by atoms with Crippen molar-refractivity contribution < 1.29 is 24.2 Å². The second-order valence-corrected chi connectivity index (χ2v) is 7.95. The SMILES string of the molecule is CCOc1ccc(/C=C2/SC(=S)N([C@@H](C(=O)O)c3ccccc3)C2=O)cc1OCC. The number of thioether (sulfide) groups is 1. The smallest absolute Gasteiger partial charge is 0.331 e. The molecule has 0 aliphatic carbocycles. The summed E-state index contributed by atoms with van der Waals surface area (Å²) >= 11 is 6.43. The van der Waals surface area contributed by atoms with Gasteiger partial charge in [-0.15, -0.1) is 0 Å². The highest BCUT2D eigenvalue weighted by Gasteiger charge is 2.41. The molecule has 2 aromatic carbocycles. The van der Waals surface area contributed by atoms with Gasteiger partial charge in [-0.25, -0.2) is 4.79 Å². The molecular weight excluding hydrogens is 422 g/mol. The third-order valence-electron chi connectivity index (χ3n) is 4.30. The van der Waals surface area contributed by atoms with Crippen molar-refractivity contribution in [3.63, 3.8) is 0 Å². The lowest BCUT2D eigenvalue weighted by atomic mass is 10.1. The minimum absolute atomic E-state index is 0.207. The van der Waals surface area contributed by atoms with Gasteiger partial charge in [0, 0.05) is 0 Å². The van der Waals surface area contributed by atoms with Gasteiger partial charge < -0.3 is 14.6 Å². The number of carboxylic acids is 1. The Morgan fingerprint density at radius 2 is 1.80 bits per heavy atom. The molecule has 30 heavy (non-hydrogen) atoms. The lowest BCUT2D eigenvalue weighted by Crippen LogP contribution is -2.37. The van der Waals surface area contributed by atoms with Crippen LogP contribution in [-0.4, -0.2) is 39.4 Å². The van der Waals surface area contributed by atoms with Crippen LogP contribution in [0.15, 0.2) is 53.4 Å². The van der Waals surface area contributed by atoms with Gasteiger partial charge in [0.15, 0.2) is 17.5 Å². The van der Waals surface area contributed by atoms with Crippen molar-refractivity contribution in [2.45, 2.75) is 19.9 Å². The minimum Gasteiger partial charge on any atom is -0.490 e. The van der Waals surface area contributed by atoms with E-state index in [9.17, 15) is 14.7 Å². The van der Waals surface area contributed by atoms with Crippen molar-refractivity contribution in [2.75, 3.05) is 13.2 Å². The predicted molar refractivity (Wildman–Crippen MR) is 121 cm³/mol. The molecule has 1 fully saturated rings. The quantitative estimate of drug-likeness (QED) is 0.475. The molecule has 0 unspecified atom stereocenters. The van der Waals surface area contributed by atoms with Crippen molar-refractivity contribution in [1.82, 2.24) is 4.90 Å². The molecule has 0 spiro atoms. The van der Waals surface area contributed by atoms with Crippen LogP contribution in [0.1, 0.15) is 31.0 Å². The highest BCUT2D eigenvalue weighted by molar-refractivity contribution is 8.26. The fraction of sp³-hybridized carbons (Fsp3) is 0.227. The van der Waals surface area contributed by atoms with Crippen LogP contribution < -0.4 is 9.47 Å². The highest BCUT2D eigenvalue weighted by Crippen LogP contribution is 2.39. The summed E-state index contributed by atoms with van der Waals surface area (Å²) in [7, 11) is 0. The molecule has 1 aliphatic rings. The van der Waals surface area contributed by atoms with Crippen LogP contribution in [0.2, 0.25) is 0 Å². The molecule has 0 bridgehead atoms. The number of carbonyl (C=O) groups is 2. The summed E-state index contributed by atoms with van der Waals surface area (Å²) in [5.74, 6) is -0.373. The highest BCUT2D eigenvalue weighted by atomic mass is 32.2. The first-order chi connectivity index (χ1) is 14.5. The first-order valence-electron chi connectivity index (χ1n) is 9.40. The summed E-state index contributed by atoms with van der Waals surface area (Å²) in [5.41, 5.74) is 1.22. The molecule has 0 saturated carbocycles. The van der Waals surface area contributed by atoms with Gasteiger partial charge in [0.2, 0.25) is 0 Å². The number of hydrogen-bond acceptors (Lipinski definition) is 6. The first-order valence-corrected chi connectivity index (χ1v) is 10.6. The average molecular weight is 444 g/mol. The van der Waals surface area contributed by atoms with Crippen LogP contribution in [0.25, 0.3) is 6.08 Å². The van der Waals surface area contributed by atoms with E-state index in [4.69, 9.17) is 21.7 Å². The van der Waals surface area contributed by atoms with Crippen molar-refractivity contribution in [2.24, 2.45) is 0 Å². The monoisotopic (exact) mass is 443 g/mol. The predicted octanol–water partition coefficient (Wildman–Crippen LogP) is 4.51. The zero-order valence-corrected chi connectivity index (χ0v) is 18.2. The molecule has 0 aromatic heterocycles. The van der Waals surface area contributed by atoms with E-state index in [-0.39, 0.29) is 4.32 Å². The molecule has 0 radical (unpaired) electrons. The second-order valence-electron chi connectivity index (χ2n) is 6.28. The number of hydrogen-bond donors (Lipinski definition) is 1. The number of thiocarbonyl (C=S) groups is 1. The summed E-state index contributed by atoms with van der Waals surface area (Å²) in [6, 6.07) is 12.8. The number of nitrogens with zero attached hydrogens (tertiary/aromatic N) is 1. The molecule has 1 N–H and O–H groups in total. The van der Waals surface area contributed by atoms with Gasteiger partial charge >= 0.3 is 5.97 Å². The molecule has 6 nitrogen and oxygen atoms in total. The number of carbonyl (C=O) groups excluding carboxylic acids is 1. The molecule has 1 atom stereocenters. The number of aliphatic carboxylic acids is 1. The molecule has 1 saturated heterocycles. The Hall–Kier alpha value is -2.84. The number of benzene rings is 2. The summed E-state index contributed by atoms with van der Waals surface area (Å²) in [6.07, 6.45) is 1.68. The van der Waals surface area contributed by atoms with Crippen LogP contribution in [0.4, 0.5) is 0 Å².